The molecule has 34 heavy (non-hydrogen) atoms. The summed E-state index contributed by atoms with van der Waals surface area (Å²) in [5.41, 5.74) is 2.64. The SMILES string of the molecule is Br.CCNc1cc(C(=O)CN2Cc3cc(OC)c(OC)c(F)c3C2=N)cc(C(C)(C)C)c1OC. The van der Waals surface area contributed by atoms with Crippen LogP contribution in [0.5, 0.6) is 17.2 Å². The Hall–Kier alpha value is -2.81. The monoisotopic (exact) mass is 537 g/mol. The van der Waals surface area contributed by atoms with E-state index in [0.29, 0.717) is 23.4 Å². The van der Waals surface area contributed by atoms with Crippen LogP contribution in [0.3, 0.4) is 0 Å². The molecule has 0 amide bonds. The zero-order chi connectivity index (χ0) is 24.5. The van der Waals surface area contributed by atoms with Crippen molar-refractivity contribution in [2.24, 2.45) is 0 Å². The fourth-order valence-electron chi connectivity index (χ4n) is 4.11. The van der Waals surface area contributed by atoms with E-state index in [0.717, 1.165) is 11.3 Å². The van der Waals surface area contributed by atoms with Gasteiger partial charge in [-0.15, -0.1) is 17.0 Å². The van der Waals surface area contributed by atoms with Gasteiger partial charge >= 0.3 is 0 Å². The number of nitrogens with zero attached hydrogens (tertiary/aromatic N) is 1. The molecule has 0 aromatic heterocycles. The van der Waals surface area contributed by atoms with Crippen LogP contribution >= 0.6 is 17.0 Å². The molecule has 0 saturated carbocycles. The van der Waals surface area contributed by atoms with Gasteiger partial charge in [0.15, 0.2) is 23.1 Å². The predicted molar refractivity (Wildman–Crippen MR) is 137 cm³/mol. The van der Waals surface area contributed by atoms with Crippen LogP contribution in [0.15, 0.2) is 18.2 Å². The van der Waals surface area contributed by atoms with Crippen molar-refractivity contribution >= 4 is 34.3 Å². The van der Waals surface area contributed by atoms with Crippen molar-refractivity contribution in [2.45, 2.75) is 39.7 Å². The van der Waals surface area contributed by atoms with Gasteiger partial charge in [0, 0.05) is 24.2 Å². The fourth-order valence-corrected chi connectivity index (χ4v) is 4.11. The van der Waals surface area contributed by atoms with E-state index in [1.54, 1.807) is 24.1 Å². The first-order valence-electron chi connectivity index (χ1n) is 10.8. The molecule has 0 spiro atoms. The number of carbonyl (C=O) groups excluding carboxylic acids is 1. The standard InChI is InChI=1S/C25H32FN3O4.BrH/c1-8-28-17-10-14(9-16(22(17)32-6)25(2,3)4)18(30)13-29-12-15-11-19(31-5)23(33-7)21(26)20(15)24(29)27;/h9-11,27-28H,8,12-13H2,1-7H3;1H. The number of halogens is 2. The Kier molecular flexibility index (Phi) is 8.58. The average molecular weight is 538 g/mol. The lowest BCUT2D eigenvalue weighted by atomic mass is 9.84. The molecule has 1 aliphatic heterocycles. The quantitative estimate of drug-likeness (QED) is 0.451. The highest BCUT2D eigenvalue weighted by molar-refractivity contribution is 8.93. The predicted octanol–water partition coefficient (Wildman–Crippen LogP) is 5.18. The second-order valence-electron chi connectivity index (χ2n) is 8.97. The molecule has 0 unspecified atom stereocenters. The third-order valence-electron chi connectivity index (χ3n) is 5.73. The minimum atomic E-state index is -0.652. The van der Waals surface area contributed by atoms with Crippen molar-refractivity contribution < 1.29 is 23.4 Å². The first kappa shape index (κ1) is 27.4. The Labute approximate surface area is 210 Å². The summed E-state index contributed by atoms with van der Waals surface area (Å²) in [5, 5.41) is 11.8. The maximum absolute atomic E-state index is 15.0. The number of ether oxygens (including phenoxy) is 3. The molecular weight excluding hydrogens is 505 g/mol. The molecule has 1 heterocycles. The lowest BCUT2D eigenvalue weighted by molar-refractivity contribution is 0.0962. The molecule has 0 atom stereocenters. The molecule has 2 aromatic carbocycles. The summed E-state index contributed by atoms with van der Waals surface area (Å²) < 4.78 is 31.0. The van der Waals surface area contributed by atoms with E-state index in [2.05, 4.69) is 26.1 Å². The van der Waals surface area contributed by atoms with Crippen LogP contribution in [0.4, 0.5) is 10.1 Å². The fraction of sp³-hybridized carbons (Fsp3) is 0.440. The molecule has 2 aromatic rings. The zero-order valence-corrected chi connectivity index (χ0v) is 22.4. The molecular formula is C25H33BrFN3O4. The number of anilines is 1. The summed E-state index contributed by atoms with van der Waals surface area (Å²) in [7, 11) is 4.40. The summed E-state index contributed by atoms with van der Waals surface area (Å²) in [6.45, 7) is 9.01. The van der Waals surface area contributed by atoms with E-state index < -0.39 is 5.82 Å². The molecule has 7 nitrogen and oxygen atoms in total. The highest BCUT2D eigenvalue weighted by Gasteiger charge is 2.33. The van der Waals surface area contributed by atoms with Gasteiger partial charge in [0.2, 0.25) is 0 Å². The molecule has 0 fully saturated rings. The van der Waals surface area contributed by atoms with Crippen LogP contribution in [-0.4, -0.2) is 50.9 Å². The summed E-state index contributed by atoms with van der Waals surface area (Å²) >= 11 is 0. The van der Waals surface area contributed by atoms with Gasteiger partial charge in [-0.05, 0) is 36.1 Å². The number of benzene rings is 2. The van der Waals surface area contributed by atoms with Gasteiger partial charge in [-0.2, -0.15) is 0 Å². The zero-order valence-electron chi connectivity index (χ0n) is 20.7. The Bertz CT molecular complexity index is 1100. The Morgan fingerprint density at radius 2 is 1.76 bits per heavy atom. The second kappa shape index (κ2) is 10.6. The van der Waals surface area contributed by atoms with Crippen LogP contribution in [0.1, 0.15) is 54.7 Å². The van der Waals surface area contributed by atoms with Crippen LogP contribution in [0, 0.1) is 11.2 Å². The number of rotatable bonds is 8. The summed E-state index contributed by atoms with van der Waals surface area (Å²) in [6.07, 6.45) is 0. The van der Waals surface area contributed by atoms with E-state index in [1.807, 2.05) is 13.0 Å². The number of methoxy groups -OCH3 is 3. The summed E-state index contributed by atoms with van der Waals surface area (Å²) in [4.78, 5) is 14.9. The Morgan fingerprint density at radius 1 is 1.12 bits per heavy atom. The summed E-state index contributed by atoms with van der Waals surface area (Å²) in [6, 6.07) is 5.28. The largest absolute Gasteiger partial charge is 0.494 e. The van der Waals surface area contributed by atoms with Gasteiger partial charge in [-0.25, -0.2) is 4.39 Å². The van der Waals surface area contributed by atoms with Crippen LogP contribution in [-0.2, 0) is 12.0 Å². The van der Waals surface area contributed by atoms with Gasteiger partial charge in [-0.1, -0.05) is 20.8 Å². The number of amidine groups is 1. The van der Waals surface area contributed by atoms with Crippen molar-refractivity contribution in [3.05, 3.63) is 46.3 Å². The van der Waals surface area contributed by atoms with Crippen LogP contribution in [0.2, 0.25) is 0 Å². The smallest absolute Gasteiger partial charge is 0.197 e. The Balaban J connectivity index is 0.00000408. The minimum Gasteiger partial charge on any atom is -0.494 e. The lowest BCUT2D eigenvalue weighted by Gasteiger charge is -2.26. The van der Waals surface area contributed by atoms with Gasteiger partial charge in [-0.3, -0.25) is 10.2 Å². The van der Waals surface area contributed by atoms with Gasteiger partial charge in [0.25, 0.3) is 0 Å². The van der Waals surface area contributed by atoms with Gasteiger partial charge in [0.05, 0.1) is 39.1 Å². The van der Waals surface area contributed by atoms with E-state index in [9.17, 15) is 4.79 Å². The minimum absolute atomic E-state index is 0. The molecule has 0 bridgehead atoms. The number of hydrogen-bond donors (Lipinski definition) is 2. The number of Topliss-reactive ketones (excluding diaryl/α,β-unsaturated/α-hetero) is 1. The molecule has 186 valence electrons. The number of ketones is 1. The molecule has 0 aliphatic carbocycles. The van der Waals surface area contributed by atoms with E-state index in [-0.39, 0.29) is 64.2 Å². The van der Waals surface area contributed by atoms with E-state index >= 15 is 4.39 Å². The van der Waals surface area contributed by atoms with Crippen molar-refractivity contribution in [1.82, 2.24) is 4.90 Å². The van der Waals surface area contributed by atoms with E-state index in [1.165, 1.54) is 14.2 Å². The summed E-state index contributed by atoms with van der Waals surface area (Å²) in [5.74, 6) is 0.0565. The topological polar surface area (TPSA) is 83.9 Å². The highest BCUT2D eigenvalue weighted by atomic mass is 79.9. The maximum atomic E-state index is 15.0. The molecule has 3 rings (SSSR count). The third kappa shape index (κ3) is 4.99. The first-order chi connectivity index (χ1) is 15.6. The molecule has 9 heteroatoms. The average Bonchev–Trinajstić information content (AvgIpc) is 3.07. The number of hydrogen-bond acceptors (Lipinski definition) is 6. The van der Waals surface area contributed by atoms with Crippen molar-refractivity contribution in [3.8, 4) is 17.2 Å². The molecule has 0 saturated heterocycles. The van der Waals surface area contributed by atoms with Crippen LogP contribution in [0.25, 0.3) is 0 Å². The Morgan fingerprint density at radius 3 is 2.29 bits per heavy atom. The van der Waals surface area contributed by atoms with Gasteiger partial charge < -0.3 is 24.4 Å². The number of fused-ring (bicyclic) bond motifs is 1. The normalized spacial score (nSPS) is 12.7. The van der Waals surface area contributed by atoms with E-state index in [4.69, 9.17) is 19.6 Å². The van der Waals surface area contributed by atoms with Crippen molar-refractivity contribution in [2.75, 3.05) is 39.7 Å². The number of carbonyl (C=O) groups is 1. The van der Waals surface area contributed by atoms with Crippen LogP contribution < -0.4 is 19.5 Å². The number of nitrogens with one attached hydrogen (secondary N) is 2. The lowest BCUT2D eigenvalue weighted by Crippen LogP contribution is -2.30. The molecule has 1 aliphatic rings. The maximum Gasteiger partial charge on any atom is 0.197 e. The highest BCUT2D eigenvalue weighted by Crippen LogP contribution is 2.40. The van der Waals surface area contributed by atoms with Gasteiger partial charge in [0.1, 0.15) is 11.6 Å². The molecule has 0 radical (unpaired) electrons. The van der Waals surface area contributed by atoms with Crippen molar-refractivity contribution in [1.29, 1.82) is 5.41 Å². The second-order valence-corrected chi connectivity index (χ2v) is 8.97. The third-order valence-corrected chi connectivity index (χ3v) is 5.73. The molecule has 2 N–H and O–H groups in total. The first-order valence-corrected chi connectivity index (χ1v) is 10.8. The van der Waals surface area contributed by atoms with Crippen molar-refractivity contribution in [3.63, 3.8) is 0 Å².